The second-order valence-electron chi connectivity index (χ2n) is 3.43. The second kappa shape index (κ2) is 5.83. The van der Waals surface area contributed by atoms with Crippen LogP contribution in [0.3, 0.4) is 0 Å². The molecular formula is C10H9BrF3NO2S. The molecule has 1 atom stereocenters. The number of thioether (sulfide) groups is 1. The number of hydrogen-bond donors (Lipinski definition) is 2. The topological polar surface area (TPSA) is 63.3 Å². The Balaban J connectivity index is 2.77. The average Bonchev–Trinajstić information content (AvgIpc) is 2.18. The molecular weight excluding hydrogens is 335 g/mol. The SMILES string of the molecule is Nc1ccc(SCC(C(=O)O)C(F)(F)F)c(Br)c1. The molecule has 18 heavy (non-hydrogen) atoms. The van der Waals surface area contributed by atoms with Gasteiger partial charge < -0.3 is 10.8 Å². The minimum absolute atomic E-state index is 0.469. The molecule has 1 rings (SSSR count). The van der Waals surface area contributed by atoms with E-state index in [0.717, 1.165) is 11.8 Å². The summed E-state index contributed by atoms with van der Waals surface area (Å²) < 4.78 is 37.8. The van der Waals surface area contributed by atoms with Gasteiger partial charge >= 0.3 is 12.1 Å². The third-order valence-electron chi connectivity index (χ3n) is 2.05. The third kappa shape index (κ3) is 4.09. The number of rotatable bonds is 4. The standard InChI is InChI=1S/C10H9BrF3NO2S/c11-7-3-5(15)1-2-8(7)18-4-6(9(16)17)10(12,13)14/h1-3,6H,4,15H2,(H,16,17). The number of alkyl halides is 3. The first-order valence-electron chi connectivity index (χ1n) is 4.69. The summed E-state index contributed by atoms with van der Waals surface area (Å²) >= 11 is 3.97. The summed E-state index contributed by atoms with van der Waals surface area (Å²) in [6.45, 7) is 0. The molecule has 0 aliphatic heterocycles. The molecule has 8 heteroatoms. The lowest BCUT2D eigenvalue weighted by atomic mass is 10.2. The van der Waals surface area contributed by atoms with Crippen LogP contribution in [-0.4, -0.2) is 23.0 Å². The molecule has 0 amide bonds. The van der Waals surface area contributed by atoms with Gasteiger partial charge in [-0.05, 0) is 34.1 Å². The summed E-state index contributed by atoms with van der Waals surface area (Å²) in [5, 5.41) is 8.54. The van der Waals surface area contributed by atoms with Crippen molar-refractivity contribution in [2.75, 3.05) is 11.5 Å². The Labute approximate surface area is 114 Å². The highest BCUT2D eigenvalue weighted by atomic mass is 79.9. The Kier molecular flexibility index (Phi) is 4.92. The molecule has 0 fully saturated rings. The van der Waals surface area contributed by atoms with Crippen molar-refractivity contribution < 1.29 is 23.1 Å². The third-order valence-corrected chi connectivity index (χ3v) is 4.14. The van der Waals surface area contributed by atoms with Gasteiger partial charge in [0.15, 0.2) is 5.92 Å². The number of anilines is 1. The Bertz CT molecular complexity index is 453. The first kappa shape index (κ1) is 15.2. The van der Waals surface area contributed by atoms with Crippen molar-refractivity contribution in [1.29, 1.82) is 0 Å². The summed E-state index contributed by atoms with van der Waals surface area (Å²) in [7, 11) is 0. The lowest BCUT2D eigenvalue weighted by molar-refractivity contribution is -0.188. The van der Waals surface area contributed by atoms with Gasteiger partial charge in [0.1, 0.15) is 0 Å². The highest BCUT2D eigenvalue weighted by Gasteiger charge is 2.44. The van der Waals surface area contributed by atoms with Crippen LogP contribution < -0.4 is 5.73 Å². The van der Waals surface area contributed by atoms with Crippen LogP contribution in [0.4, 0.5) is 18.9 Å². The van der Waals surface area contributed by atoms with Crippen LogP contribution >= 0.6 is 27.7 Å². The van der Waals surface area contributed by atoms with Crippen LogP contribution in [0, 0.1) is 5.92 Å². The second-order valence-corrected chi connectivity index (χ2v) is 5.35. The predicted octanol–water partition coefficient (Wildman–Crippen LogP) is 3.39. The Hall–Kier alpha value is -0.890. The quantitative estimate of drug-likeness (QED) is 0.649. The molecule has 1 aromatic rings. The first-order chi connectivity index (χ1) is 8.21. The van der Waals surface area contributed by atoms with Crippen molar-refractivity contribution in [3.8, 4) is 0 Å². The van der Waals surface area contributed by atoms with Crippen LogP contribution in [-0.2, 0) is 4.79 Å². The number of nitrogens with two attached hydrogens (primary N) is 1. The van der Waals surface area contributed by atoms with Gasteiger partial charge in [0, 0.05) is 20.8 Å². The van der Waals surface area contributed by atoms with E-state index < -0.39 is 23.8 Å². The van der Waals surface area contributed by atoms with E-state index in [1.807, 2.05) is 0 Å². The molecule has 0 saturated carbocycles. The monoisotopic (exact) mass is 343 g/mol. The van der Waals surface area contributed by atoms with E-state index in [2.05, 4.69) is 15.9 Å². The number of aliphatic carboxylic acids is 1. The van der Waals surface area contributed by atoms with Gasteiger partial charge in [-0.1, -0.05) is 0 Å². The molecule has 0 aliphatic rings. The van der Waals surface area contributed by atoms with Gasteiger partial charge in [-0.3, -0.25) is 4.79 Å². The summed E-state index contributed by atoms with van der Waals surface area (Å²) in [6.07, 6.45) is -4.75. The lowest BCUT2D eigenvalue weighted by Gasteiger charge is -2.15. The number of benzene rings is 1. The fourth-order valence-electron chi connectivity index (χ4n) is 1.11. The molecule has 0 bridgehead atoms. The number of nitrogen functional groups attached to an aromatic ring is 1. The maximum absolute atomic E-state index is 12.4. The minimum Gasteiger partial charge on any atom is -0.481 e. The van der Waals surface area contributed by atoms with Crippen molar-refractivity contribution in [3.63, 3.8) is 0 Å². The van der Waals surface area contributed by atoms with Crippen LogP contribution in [0.25, 0.3) is 0 Å². The Morgan fingerprint density at radius 3 is 2.56 bits per heavy atom. The van der Waals surface area contributed by atoms with Gasteiger partial charge in [0.2, 0.25) is 0 Å². The van der Waals surface area contributed by atoms with E-state index >= 15 is 0 Å². The van der Waals surface area contributed by atoms with Crippen LogP contribution in [0.2, 0.25) is 0 Å². The molecule has 1 aromatic carbocycles. The molecule has 0 heterocycles. The molecule has 1 unspecified atom stereocenters. The van der Waals surface area contributed by atoms with E-state index in [0.29, 0.717) is 15.1 Å². The molecule has 0 radical (unpaired) electrons. The first-order valence-corrected chi connectivity index (χ1v) is 6.47. The molecule has 3 N–H and O–H groups in total. The number of carbonyl (C=O) groups is 1. The van der Waals surface area contributed by atoms with E-state index in [-0.39, 0.29) is 0 Å². The normalized spacial score (nSPS) is 13.3. The minimum atomic E-state index is -4.75. The zero-order chi connectivity index (χ0) is 13.9. The number of halogens is 4. The Morgan fingerprint density at radius 1 is 1.50 bits per heavy atom. The maximum Gasteiger partial charge on any atom is 0.403 e. The highest BCUT2D eigenvalue weighted by molar-refractivity contribution is 9.10. The zero-order valence-electron chi connectivity index (χ0n) is 8.87. The van der Waals surface area contributed by atoms with E-state index in [4.69, 9.17) is 10.8 Å². The lowest BCUT2D eigenvalue weighted by Crippen LogP contribution is -2.32. The molecule has 0 spiro atoms. The van der Waals surface area contributed by atoms with Gasteiger partial charge in [0.05, 0.1) is 0 Å². The fraction of sp³-hybridized carbons (Fsp3) is 0.300. The summed E-state index contributed by atoms with van der Waals surface area (Å²) in [5.41, 5.74) is 5.96. The molecule has 0 saturated heterocycles. The highest BCUT2D eigenvalue weighted by Crippen LogP contribution is 2.35. The molecule has 3 nitrogen and oxygen atoms in total. The largest absolute Gasteiger partial charge is 0.481 e. The van der Waals surface area contributed by atoms with Gasteiger partial charge in [-0.25, -0.2) is 0 Å². The van der Waals surface area contributed by atoms with E-state index in [1.165, 1.54) is 6.07 Å². The van der Waals surface area contributed by atoms with Crippen molar-refractivity contribution >= 4 is 39.3 Å². The summed E-state index contributed by atoms with van der Waals surface area (Å²) in [4.78, 5) is 11.1. The van der Waals surface area contributed by atoms with Crippen molar-refractivity contribution in [3.05, 3.63) is 22.7 Å². The number of carboxylic acid groups (broad SMARTS) is 1. The van der Waals surface area contributed by atoms with Crippen LogP contribution in [0.15, 0.2) is 27.6 Å². The number of carboxylic acids is 1. The molecule has 0 aliphatic carbocycles. The van der Waals surface area contributed by atoms with Gasteiger partial charge in [-0.15, -0.1) is 11.8 Å². The zero-order valence-corrected chi connectivity index (χ0v) is 11.3. The molecule has 100 valence electrons. The van der Waals surface area contributed by atoms with Crippen molar-refractivity contribution in [2.24, 2.45) is 5.92 Å². The summed E-state index contributed by atoms with van der Waals surface area (Å²) in [5.74, 6) is -4.84. The maximum atomic E-state index is 12.4. The summed E-state index contributed by atoms with van der Waals surface area (Å²) in [6, 6.07) is 4.63. The average molecular weight is 344 g/mol. The van der Waals surface area contributed by atoms with E-state index in [9.17, 15) is 18.0 Å². The van der Waals surface area contributed by atoms with Gasteiger partial charge in [-0.2, -0.15) is 13.2 Å². The number of hydrogen-bond acceptors (Lipinski definition) is 3. The Morgan fingerprint density at radius 2 is 2.11 bits per heavy atom. The van der Waals surface area contributed by atoms with Crippen molar-refractivity contribution in [1.82, 2.24) is 0 Å². The predicted molar refractivity (Wildman–Crippen MR) is 66.5 cm³/mol. The van der Waals surface area contributed by atoms with Crippen LogP contribution in [0.1, 0.15) is 0 Å². The van der Waals surface area contributed by atoms with Gasteiger partial charge in [0.25, 0.3) is 0 Å². The fourth-order valence-corrected chi connectivity index (χ4v) is 2.89. The smallest absolute Gasteiger partial charge is 0.403 e. The van der Waals surface area contributed by atoms with Crippen LogP contribution in [0.5, 0.6) is 0 Å². The molecule has 0 aromatic heterocycles. The van der Waals surface area contributed by atoms with Crippen molar-refractivity contribution in [2.45, 2.75) is 11.1 Å². The van der Waals surface area contributed by atoms with E-state index in [1.54, 1.807) is 12.1 Å².